The lowest BCUT2D eigenvalue weighted by atomic mass is 9.84. The molecule has 1 N–H and O–H groups in total. The highest BCUT2D eigenvalue weighted by molar-refractivity contribution is 5.84. The Bertz CT molecular complexity index is 1350. The van der Waals surface area contributed by atoms with E-state index in [4.69, 9.17) is 9.47 Å². The fraction of sp³-hybridized carbons (Fsp3) is 0.571. The van der Waals surface area contributed by atoms with Crippen molar-refractivity contribution >= 4 is 23.8 Å². The molecular weight excluding hydrogens is 574 g/mol. The molecule has 2 atom stereocenters. The van der Waals surface area contributed by atoms with Crippen LogP contribution in [0.3, 0.4) is 0 Å². The minimum atomic E-state index is -0.522. The van der Waals surface area contributed by atoms with Crippen LogP contribution >= 0.6 is 0 Å². The fourth-order valence-electron chi connectivity index (χ4n) is 6.23. The molecule has 1 aromatic heterocycles. The van der Waals surface area contributed by atoms with Gasteiger partial charge >= 0.3 is 12.1 Å². The van der Waals surface area contributed by atoms with E-state index in [2.05, 4.69) is 4.98 Å². The number of benzene rings is 1. The summed E-state index contributed by atoms with van der Waals surface area (Å²) in [5.74, 6) is -0.587. The van der Waals surface area contributed by atoms with Crippen molar-refractivity contribution in [2.24, 2.45) is 11.8 Å². The number of ketones is 1. The molecule has 1 aromatic carbocycles. The molecule has 2 aliphatic heterocycles. The monoisotopic (exact) mass is 621 g/mol. The highest BCUT2D eigenvalue weighted by atomic mass is 16.6. The lowest BCUT2D eigenvalue weighted by Crippen LogP contribution is -2.43. The van der Waals surface area contributed by atoms with Crippen LogP contribution in [-0.2, 0) is 23.9 Å². The first-order valence-electron chi connectivity index (χ1n) is 16.0. The largest absolute Gasteiger partial charge is 0.507 e. The Morgan fingerprint density at radius 1 is 1.00 bits per heavy atom. The number of esters is 1. The van der Waals surface area contributed by atoms with Crippen molar-refractivity contribution in [1.82, 2.24) is 14.8 Å². The SMILES string of the molecule is COC(=O)CC(CC(=O)[C@@H]1CCCN(C(=O)CCC2CCN(C(=O)OC(C)(C)C)CC2)C1)c1cncc(-c2ccccc2O)c1. The number of hydrogen-bond donors (Lipinski definition) is 1. The number of carbonyl (C=O) groups excluding carboxylic acids is 4. The lowest BCUT2D eigenvalue weighted by Gasteiger charge is -2.35. The molecule has 10 heteroatoms. The summed E-state index contributed by atoms with van der Waals surface area (Å²) in [4.78, 5) is 59.4. The molecule has 0 bridgehead atoms. The topological polar surface area (TPSA) is 126 Å². The molecule has 2 aromatic rings. The molecule has 0 spiro atoms. The van der Waals surface area contributed by atoms with Crippen LogP contribution in [0.15, 0.2) is 42.7 Å². The van der Waals surface area contributed by atoms with Gasteiger partial charge in [-0.05, 0) is 76.5 Å². The third kappa shape index (κ3) is 9.77. The molecule has 0 saturated carbocycles. The number of aromatic hydroxyl groups is 1. The summed E-state index contributed by atoms with van der Waals surface area (Å²) in [7, 11) is 1.33. The van der Waals surface area contributed by atoms with Gasteiger partial charge in [-0.2, -0.15) is 0 Å². The van der Waals surface area contributed by atoms with Crippen LogP contribution in [0.25, 0.3) is 11.1 Å². The molecule has 2 fully saturated rings. The molecule has 0 aliphatic carbocycles. The second-order valence-corrected chi connectivity index (χ2v) is 13.3. The van der Waals surface area contributed by atoms with E-state index in [1.165, 1.54) is 7.11 Å². The van der Waals surface area contributed by atoms with E-state index in [1.807, 2.05) is 37.8 Å². The number of carbonyl (C=O) groups is 4. The van der Waals surface area contributed by atoms with E-state index >= 15 is 0 Å². The van der Waals surface area contributed by atoms with Crippen LogP contribution in [0.5, 0.6) is 5.75 Å². The number of aromatic nitrogens is 1. The summed E-state index contributed by atoms with van der Waals surface area (Å²) in [5.41, 5.74) is 1.50. The summed E-state index contributed by atoms with van der Waals surface area (Å²) >= 11 is 0. The van der Waals surface area contributed by atoms with Crippen LogP contribution in [0, 0.1) is 11.8 Å². The highest BCUT2D eigenvalue weighted by Crippen LogP contribution is 2.33. The van der Waals surface area contributed by atoms with Crippen molar-refractivity contribution in [1.29, 1.82) is 0 Å². The third-order valence-corrected chi connectivity index (χ3v) is 8.80. The molecule has 0 radical (unpaired) electrons. The Balaban J connectivity index is 1.32. The van der Waals surface area contributed by atoms with Crippen molar-refractivity contribution in [2.75, 3.05) is 33.3 Å². The van der Waals surface area contributed by atoms with E-state index in [-0.39, 0.29) is 42.3 Å². The van der Waals surface area contributed by atoms with Crippen LogP contribution < -0.4 is 0 Å². The number of phenols is 1. The van der Waals surface area contributed by atoms with Gasteiger partial charge in [0.2, 0.25) is 5.91 Å². The number of methoxy groups -OCH3 is 1. The summed E-state index contributed by atoms with van der Waals surface area (Å²) in [6.45, 7) is 7.86. The molecule has 45 heavy (non-hydrogen) atoms. The minimum absolute atomic E-state index is 0.0175. The van der Waals surface area contributed by atoms with Crippen LogP contribution in [0.1, 0.15) is 83.6 Å². The quantitative estimate of drug-likeness (QED) is 0.334. The number of piperidine rings is 2. The Labute approximate surface area is 266 Å². The van der Waals surface area contributed by atoms with Crippen molar-refractivity contribution < 1.29 is 33.8 Å². The third-order valence-electron chi connectivity index (χ3n) is 8.80. The average molecular weight is 622 g/mol. The standard InChI is InChI=1S/C35H47N3O7/c1-35(2,3)45-34(43)37-16-13-24(14-17-37)11-12-32(41)38-15-7-8-25(23-38)31(40)19-26(20-33(42)44-4)27-18-28(22-36-21-27)29-9-5-6-10-30(29)39/h5-6,9-10,18,21-22,24-26,39H,7-8,11-17,19-20,23H2,1-4H3/t25-,26?/m1/s1. The van der Waals surface area contributed by atoms with Gasteiger partial charge in [-0.3, -0.25) is 19.4 Å². The number of rotatable bonds is 10. The van der Waals surface area contributed by atoms with Crippen LogP contribution in [0.2, 0.25) is 0 Å². The smallest absolute Gasteiger partial charge is 0.410 e. The van der Waals surface area contributed by atoms with Crippen molar-refractivity contribution in [3.63, 3.8) is 0 Å². The van der Waals surface area contributed by atoms with Crippen molar-refractivity contribution in [2.45, 2.75) is 83.7 Å². The predicted octanol–water partition coefficient (Wildman–Crippen LogP) is 5.73. The van der Waals surface area contributed by atoms with E-state index in [1.54, 1.807) is 35.5 Å². The van der Waals surface area contributed by atoms with E-state index in [9.17, 15) is 24.3 Å². The molecule has 2 amide bonds. The summed E-state index contributed by atoms with van der Waals surface area (Å²) < 4.78 is 10.4. The Morgan fingerprint density at radius 2 is 1.73 bits per heavy atom. The number of amides is 2. The number of para-hydroxylation sites is 1. The molecule has 2 aliphatic rings. The molecule has 3 heterocycles. The predicted molar refractivity (Wildman–Crippen MR) is 169 cm³/mol. The van der Waals surface area contributed by atoms with Gasteiger partial charge in [0.1, 0.15) is 17.1 Å². The Morgan fingerprint density at radius 3 is 2.42 bits per heavy atom. The minimum Gasteiger partial charge on any atom is -0.507 e. The zero-order chi connectivity index (χ0) is 32.6. The number of pyridine rings is 1. The first-order chi connectivity index (χ1) is 21.4. The first-order valence-corrected chi connectivity index (χ1v) is 16.0. The molecule has 1 unspecified atom stereocenters. The number of hydrogen-bond acceptors (Lipinski definition) is 8. The molecule has 4 rings (SSSR count). The van der Waals surface area contributed by atoms with Gasteiger partial charge in [0.25, 0.3) is 0 Å². The molecule has 2 saturated heterocycles. The first kappa shape index (κ1) is 33.9. The van der Waals surface area contributed by atoms with Gasteiger partial charge in [0.05, 0.1) is 13.5 Å². The molecule has 10 nitrogen and oxygen atoms in total. The number of ether oxygens (including phenoxy) is 2. The lowest BCUT2D eigenvalue weighted by molar-refractivity contribution is -0.141. The maximum atomic E-state index is 13.6. The number of nitrogens with zero attached hydrogens (tertiary/aromatic N) is 3. The van der Waals surface area contributed by atoms with E-state index in [0.717, 1.165) is 31.2 Å². The van der Waals surface area contributed by atoms with Gasteiger partial charge < -0.3 is 24.4 Å². The van der Waals surface area contributed by atoms with Gasteiger partial charge in [-0.1, -0.05) is 18.2 Å². The second-order valence-electron chi connectivity index (χ2n) is 13.3. The zero-order valence-corrected chi connectivity index (χ0v) is 27.0. The normalized spacial score (nSPS) is 18.3. The zero-order valence-electron chi connectivity index (χ0n) is 27.0. The number of Topliss-reactive ketones (excluding diaryl/α,β-unsaturated/α-hetero) is 1. The van der Waals surface area contributed by atoms with Crippen LogP contribution in [-0.4, -0.2) is 82.5 Å². The van der Waals surface area contributed by atoms with Gasteiger partial charge in [0, 0.05) is 74.4 Å². The number of phenolic OH excluding ortho intramolecular Hbond substituents is 1. The average Bonchev–Trinajstić information content (AvgIpc) is 3.03. The maximum Gasteiger partial charge on any atom is 0.410 e. The van der Waals surface area contributed by atoms with E-state index in [0.29, 0.717) is 56.1 Å². The summed E-state index contributed by atoms with van der Waals surface area (Å²) in [5, 5.41) is 10.3. The maximum absolute atomic E-state index is 13.6. The summed E-state index contributed by atoms with van der Waals surface area (Å²) in [6.07, 6.45) is 7.49. The summed E-state index contributed by atoms with van der Waals surface area (Å²) in [6, 6.07) is 8.81. The van der Waals surface area contributed by atoms with Gasteiger partial charge in [-0.25, -0.2) is 4.79 Å². The van der Waals surface area contributed by atoms with Gasteiger partial charge in [0.15, 0.2) is 0 Å². The molecular formula is C35H47N3O7. The van der Waals surface area contributed by atoms with Gasteiger partial charge in [-0.15, -0.1) is 0 Å². The van der Waals surface area contributed by atoms with Crippen molar-refractivity contribution in [3.05, 3.63) is 48.3 Å². The fourth-order valence-corrected chi connectivity index (χ4v) is 6.23. The Kier molecular flexibility index (Phi) is 11.6. The molecule has 244 valence electrons. The van der Waals surface area contributed by atoms with E-state index < -0.39 is 17.5 Å². The highest BCUT2D eigenvalue weighted by Gasteiger charge is 2.32. The van der Waals surface area contributed by atoms with Crippen LogP contribution in [0.4, 0.5) is 4.79 Å². The second kappa shape index (κ2) is 15.4. The van der Waals surface area contributed by atoms with Crippen molar-refractivity contribution in [3.8, 4) is 16.9 Å². The number of likely N-dealkylation sites (tertiary alicyclic amines) is 2. The Hall–Kier alpha value is -3.95.